The van der Waals surface area contributed by atoms with Crippen molar-refractivity contribution >= 4 is 23.5 Å². The number of nitro groups is 1. The predicted octanol–water partition coefficient (Wildman–Crippen LogP) is 3.62. The van der Waals surface area contributed by atoms with Gasteiger partial charge < -0.3 is 5.32 Å². The van der Waals surface area contributed by atoms with E-state index in [1.807, 2.05) is 0 Å². The normalized spacial score (nSPS) is 18.9. The quantitative estimate of drug-likeness (QED) is 0.310. The molecule has 194 valence electrons. The van der Waals surface area contributed by atoms with Crippen molar-refractivity contribution in [1.29, 1.82) is 0 Å². The molecule has 1 heterocycles. The highest BCUT2D eigenvalue weighted by Gasteiger charge is 2.36. The highest BCUT2D eigenvalue weighted by molar-refractivity contribution is 7.89. The molecule has 0 spiro atoms. The fourth-order valence-electron chi connectivity index (χ4n) is 3.83. The van der Waals surface area contributed by atoms with Gasteiger partial charge in [0, 0.05) is 38.8 Å². The van der Waals surface area contributed by atoms with Gasteiger partial charge in [-0.25, -0.2) is 17.7 Å². The molecule has 1 aliphatic heterocycles. The average Bonchev–Trinajstić information content (AvgIpc) is 2.80. The molecule has 1 fully saturated rings. The summed E-state index contributed by atoms with van der Waals surface area (Å²) >= 11 is 0. The van der Waals surface area contributed by atoms with Crippen LogP contribution < -0.4 is 5.32 Å². The van der Waals surface area contributed by atoms with Crippen molar-refractivity contribution in [2.45, 2.75) is 50.8 Å². The zero-order chi connectivity index (χ0) is 25.0. The monoisotopic (exact) mass is 520 g/mol. The molecule has 0 saturated carbocycles. The Bertz CT molecular complexity index is 921. The van der Waals surface area contributed by atoms with Crippen molar-refractivity contribution in [1.82, 2.24) is 14.3 Å². The fraction of sp³-hybridized carbons (Fsp3) is 0.714. The molecule has 2 rings (SSSR count). The molecule has 0 atom stereocenters. The third-order valence-corrected chi connectivity index (χ3v) is 9.73. The van der Waals surface area contributed by atoms with Crippen LogP contribution in [0.5, 0.6) is 0 Å². The number of hydrogen-bond donors (Lipinski definition) is 1. The SMILES string of the molecule is CCOP(=O)(OCC)N1CCNCCCCCCCN(S(=O)(=O)c2ccccc2[N+](=O)[O-])CC1. The second-order valence-electron chi connectivity index (χ2n) is 7.90. The highest BCUT2D eigenvalue weighted by atomic mass is 32.2. The molecule has 34 heavy (non-hydrogen) atoms. The molecule has 1 saturated heterocycles. The van der Waals surface area contributed by atoms with E-state index in [0.717, 1.165) is 32.2 Å². The number of nitrogens with zero attached hydrogens (tertiary/aromatic N) is 3. The molecule has 1 aliphatic rings. The third kappa shape index (κ3) is 8.08. The lowest BCUT2D eigenvalue weighted by atomic mass is 10.1. The van der Waals surface area contributed by atoms with E-state index in [0.29, 0.717) is 19.5 Å². The maximum atomic E-state index is 13.5. The number of sulfonamides is 1. The van der Waals surface area contributed by atoms with Crippen molar-refractivity contribution in [3.63, 3.8) is 0 Å². The molecule has 1 aromatic rings. The minimum atomic E-state index is -4.16. The number of rotatable bonds is 8. The molecule has 1 aromatic carbocycles. The summed E-state index contributed by atoms with van der Waals surface area (Å²) in [6.45, 7) is 5.85. The van der Waals surface area contributed by atoms with E-state index < -0.39 is 28.4 Å². The Labute approximate surface area is 202 Å². The van der Waals surface area contributed by atoms with Crippen molar-refractivity contribution in [3.8, 4) is 0 Å². The van der Waals surface area contributed by atoms with Crippen molar-refractivity contribution in [2.75, 3.05) is 52.5 Å². The summed E-state index contributed by atoms with van der Waals surface area (Å²) in [5.74, 6) is 0. The van der Waals surface area contributed by atoms with Crippen LogP contribution >= 0.6 is 7.75 Å². The van der Waals surface area contributed by atoms with Crippen molar-refractivity contribution in [3.05, 3.63) is 34.4 Å². The van der Waals surface area contributed by atoms with Crippen LogP contribution in [0.3, 0.4) is 0 Å². The fourth-order valence-corrected chi connectivity index (χ4v) is 7.19. The summed E-state index contributed by atoms with van der Waals surface area (Å²) < 4.78 is 54.3. The van der Waals surface area contributed by atoms with Gasteiger partial charge in [-0.2, -0.15) is 4.31 Å². The topological polar surface area (TPSA) is 131 Å². The van der Waals surface area contributed by atoms with Gasteiger partial charge >= 0.3 is 7.75 Å². The summed E-state index contributed by atoms with van der Waals surface area (Å²) in [5, 5.41) is 14.8. The Kier molecular flexibility index (Phi) is 12.1. The summed E-state index contributed by atoms with van der Waals surface area (Å²) in [7, 11) is -7.79. The first-order valence-electron chi connectivity index (χ1n) is 11.8. The van der Waals surface area contributed by atoms with Crippen LogP contribution in [-0.4, -0.2) is 74.8 Å². The lowest BCUT2D eigenvalue weighted by molar-refractivity contribution is -0.387. The lowest BCUT2D eigenvalue weighted by Gasteiger charge is -2.32. The minimum Gasteiger partial charge on any atom is -0.315 e. The van der Waals surface area contributed by atoms with Crippen molar-refractivity contribution in [2.24, 2.45) is 0 Å². The second kappa shape index (κ2) is 14.2. The van der Waals surface area contributed by atoms with Crippen LogP contribution in [0.25, 0.3) is 0 Å². The van der Waals surface area contributed by atoms with Gasteiger partial charge in [-0.1, -0.05) is 31.4 Å². The van der Waals surface area contributed by atoms with Crippen LogP contribution in [0.15, 0.2) is 29.2 Å². The molecule has 13 heteroatoms. The Morgan fingerprint density at radius 1 is 0.971 bits per heavy atom. The van der Waals surface area contributed by atoms with Gasteiger partial charge in [0.25, 0.3) is 5.69 Å². The number of para-hydroxylation sites is 1. The molecule has 0 aliphatic carbocycles. The van der Waals surface area contributed by atoms with Gasteiger partial charge in [0.1, 0.15) is 0 Å². The highest BCUT2D eigenvalue weighted by Crippen LogP contribution is 2.51. The number of nitro benzene ring substituents is 1. The molecular weight excluding hydrogens is 483 g/mol. The Morgan fingerprint density at radius 3 is 2.29 bits per heavy atom. The standard InChI is InChI=1S/C21H37N4O7PS/c1-3-31-33(28,32-4-2)23-17-15-22-14-10-6-5-7-11-16-24(19-18-23)34(29,30)21-13-9-8-12-20(21)25(26)27/h8-9,12-13,22H,3-7,10-11,14-19H2,1-2H3. The molecule has 0 bridgehead atoms. The Morgan fingerprint density at radius 2 is 1.62 bits per heavy atom. The van der Waals surface area contributed by atoms with Crippen LogP contribution in [0, 0.1) is 10.1 Å². The van der Waals surface area contributed by atoms with Gasteiger partial charge in [0.15, 0.2) is 4.90 Å². The first kappa shape index (κ1) is 28.8. The van der Waals surface area contributed by atoms with Crippen LogP contribution in [-0.2, 0) is 23.6 Å². The van der Waals surface area contributed by atoms with Crippen LogP contribution in [0.1, 0.15) is 46.0 Å². The molecule has 0 amide bonds. The third-order valence-electron chi connectivity index (χ3n) is 5.53. The van der Waals surface area contributed by atoms with Gasteiger partial charge in [-0.3, -0.25) is 19.2 Å². The Balaban J connectivity index is 2.37. The molecule has 11 nitrogen and oxygen atoms in total. The molecule has 0 unspecified atom stereocenters. The van der Waals surface area contributed by atoms with Gasteiger partial charge in [-0.05, 0) is 39.3 Å². The van der Waals surface area contributed by atoms with Gasteiger partial charge in [-0.15, -0.1) is 0 Å². The smallest absolute Gasteiger partial charge is 0.315 e. The largest absolute Gasteiger partial charge is 0.408 e. The van der Waals surface area contributed by atoms with E-state index >= 15 is 0 Å². The number of hydrogen-bond acceptors (Lipinski definition) is 8. The van der Waals surface area contributed by atoms with Crippen LogP contribution in [0.2, 0.25) is 0 Å². The van der Waals surface area contributed by atoms with E-state index in [1.54, 1.807) is 18.5 Å². The second-order valence-corrected chi connectivity index (χ2v) is 11.8. The zero-order valence-electron chi connectivity index (χ0n) is 20.1. The van der Waals surface area contributed by atoms with E-state index in [4.69, 9.17) is 9.05 Å². The molecule has 0 radical (unpaired) electrons. The Hall–Kier alpha value is -1.40. The van der Waals surface area contributed by atoms with E-state index in [2.05, 4.69) is 5.32 Å². The summed E-state index contributed by atoms with van der Waals surface area (Å²) in [6, 6.07) is 5.36. The van der Waals surface area contributed by atoms with Gasteiger partial charge in [0.05, 0.1) is 18.1 Å². The first-order valence-corrected chi connectivity index (χ1v) is 14.8. The van der Waals surface area contributed by atoms with Gasteiger partial charge in [0.2, 0.25) is 10.0 Å². The zero-order valence-corrected chi connectivity index (χ0v) is 21.8. The van der Waals surface area contributed by atoms with Crippen molar-refractivity contribution < 1.29 is 27.0 Å². The van der Waals surface area contributed by atoms with E-state index in [9.17, 15) is 23.1 Å². The first-order chi connectivity index (χ1) is 16.3. The number of benzene rings is 1. The molecule has 0 aromatic heterocycles. The predicted molar refractivity (Wildman–Crippen MR) is 130 cm³/mol. The summed E-state index contributed by atoms with van der Waals surface area (Å²) in [4.78, 5) is 10.5. The average molecular weight is 521 g/mol. The summed E-state index contributed by atoms with van der Waals surface area (Å²) in [6.07, 6.45) is 4.47. The molecular formula is C21H37N4O7PS. The lowest BCUT2D eigenvalue weighted by Crippen LogP contribution is -2.41. The summed E-state index contributed by atoms with van der Waals surface area (Å²) in [5.41, 5.74) is -0.461. The maximum Gasteiger partial charge on any atom is 0.408 e. The van der Waals surface area contributed by atoms with E-state index in [1.165, 1.54) is 28.6 Å². The minimum absolute atomic E-state index is 0.00147. The van der Waals surface area contributed by atoms with Crippen LogP contribution in [0.4, 0.5) is 5.69 Å². The number of nitrogens with one attached hydrogen (secondary N) is 1. The van der Waals surface area contributed by atoms with E-state index in [-0.39, 0.29) is 37.7 Å². The molecule has 1 N–H and O–H groups in total. The maximum absolute atomic E-state index is 13.5.